The molecule has 208 valence electrons. The van der Waals surface area contributed by atoms with Gasteiger partial charge in [-0.2, -0.15) is 0 Å². The molecule has 0 saturated carbocycles. The van der Waals surface area contributed by atoms with Crippen LogP contribution in [0.3, 0.4) is 0 Å². The van der Waals surface area contributed by atoms with Crippen LogP contribution in [-0.4, -0.2) is 43.1 Å². The van der Waals surface area contributed by atoms with E-state index in [1.165, 1.54) is 7.11 Å². The number of esters is 2. The van der Waals surface area contributed by atoms with Crippen molar-refractivity contribution in [2.75, 3.05) is 14.2 Å². The van der Waals surface area contributed by atoms with Crippen LogP contribution in [0.2, 0.25) is 0 Å². The molecule has 0 aromatic heterocycles. The molecule has 0 spiro atoms. The van der Waals surface area contributed by atoms with Gasteiger partial charge in [-0.1, -0.05) is 23.8 Å². The third-order valence-corrected chi connectivity index (χ3v) is 6.43. The van der Waals surface area contributed by atoms with E-state index in [0.29, 0.717) is 41.2 Å². The van der Waals surface area contributed by atoms with Gasteiger partial charge in [0.15, 0.2) is 5.75 Å². The Hall–Kier alpha value is -4.34. The lowest BCUT2D eigenvalue weighted by Gasteiger charge is -2.19. The first-order chi connectivity index (χ1) is 18.6. The molecule has 0 radical (unpaired) electrons. The number of benzene rings is 2. The summed E-state index contributed by atoms with van der Waals surface area (Å²) in [5.41, 5.74) is 3.61. The summed E-state index contributed by atoms with van der Waals surface area (Å²) in [6.45, 7) is 3.93. The van der Waals surface area contributed by atoms with E-state index in [9.17, 15) is 19.2 Å². The van der Waals surface area contributed by atoms with Crippen LogP contribution >= 0.6 is 0 Å². The van der Waals surface area contributed by atoms with Crippen LogP contribution in [0.4, 0.5) is 0 Å². The topological polar surface area (TPSA) is 137 Å². The second-order valence-corrected chi connectivity index (χ2v) is 9.14. The summed E-state index contributed by atoms with van der Waals surface area (Å²) in [7, 11) is 3.05. The number of rotatable bonds is 13. The number of hydrogen-bond acceptors (Lipinski definition) is 8. The van der Waals surface area contributed by atoms with E-state index in [1.807, 2.05) is 18.2 Å². The van der Waals surface area contributed by atoms with Gasteiger partial charge in [0, 0.05) is 30.5 Å². The lowest BCUT2D eigenvalue weighted by Crippen LogP contribution is -2.24. The minimum Gasteiger partial charge on any atom is -0.497 e. The Kier molecular flexibility index (Phi) is 10.1. The van der Waals surface area contributed by atoms with Crippen LogP contribution < -0.4 is 19.5 Å². The molecule has 0 atom stereocenters. The molecule has 2 N–H and O–H groups in total. The second kappa shape index (κ2) is 13.5. The standard InChI is InChI=1S/C29H33NO9/c1-17(6-13-24(32)33)5-11-21-27(37-4)18(2)22-16-38-29(35)26(22)28(21)39-25(34)14-12-23(31)30-15-19-7-9-20(36-3)10-8-19/h5,7-10H,6,11-16H2,1-4H3,(H,30,31)(H,32,33)/b17-5+. The van der Waals surface area contributed by atoms with Gasteiger partial charge in [0.25, 0.3) is 0 Å². The average Bonchev–Trinajstić information content (AvgIpc) is 3.31. The number of methoxy groups -OCH3 is 2. The highest BCUT2D eigenvalue weighted by atomic mass is 16.6. The van der Waals surface area contributed by atoms with Crippen molar-refractivity contribution < 1.29 is 43.2 Å². The molecule has 2 aromatic rings. The molecule has 1 heterocycles. The lowest BCUT2D eigenvalue weighted by molar-refractivity contribution is -0.137. The minimum absolute atomic E-state index is 0.0165. The van der Waals surface area contributed by atoms with Crippen LogP contribution in [0.5, 0.6) is 17.2 Å². The van der Waals surface area contributed by atoms with Crippen molar-refractivity contribution >= 4 is 23.8 Å². The quantitative estimate of drug-likeness (QED) is 0.219. The van der Waals surface area contributed by atoms with Crippen molar-refractivity contribution in [1.82, 2.24) is 5.32 Å². The van der Waals surface area contributed by atoms with Gasteiger partial charge in [0.1, 0.15) is 23.7 Å². The van der Waals surface area contributed by atoms with Crippen LogP contribution in [0.15, 0.2) is 35.9 Å². The lowest BCUT2D eigenvalue weighted by atomic mass is 9.94. The normalized spacial score (nSPS) is 12.4. The Labute approximate surface area is 226 Å². The number of amides is 1. The van der Waals surface area contributed by atoms with Gasteiger partial charge in [-0.25, -0.2) is 4.79 Å². The van der Waals surface area contributed by atoms with Crippen LogP contribution in [0.25, 0.3) is 0 Å². The molecule has 0 saturated heterocycles. The van der Waals surface area contributed by atoms with E-state index >= 15 is 0 Å². The molecule has 39 heavy (non-hydrogen) atoms. The van der Waals surface area contributed by atoms with Gasteiger partial charge >= 0.3 is 17.9 Å². The maximum atomic E-state index is 12.8. The Morgan fingerprint density at radius 3 is 2.38 bits per heavy atom. The predicted octanol–water partition coefficient (Wildman–Crippen LogP) is 4.04. The molecule has 0 unspecified atom stereocenters. The molecular formula is C29H33NO9. The Morgan fingerprint density at radius 2 is 1.74 bits per heavy atom. The number of nitrogens with one attached hydrogen (secondary N) is 1. The zero-order valence-corrected chi connectivity index (χ0v) is 22.5. The van der Waals surface area contributed by atoms with Crippen LogP contribution in [0, 0.1) is 6.92 Å². The Balaban J connectivity index is 1.74. The number of ether oxygens (including phenoxy) is 4. The molecule has 2 aromatic carbocycles. The van der Waals surface area contributed by atoms with Gasteiger partial charge in [0.05, 0.1) is 20.6 Å². The summed E-state index contributed by atoms with van der Waals surface area (Å²) in [6.07, 6.45) is 2.08. The number of hydrogen-bond donors (Lipinski definition) is 2. The SMILES string of the molecule is COc1ccc(CNC(=O)CCC(=O)Oc2c(C/C=C(\C)CCC(=O)O)c(OC)c(C)c3c2C(=O)OC3)cc1. The zero-order valence-electron chi connectivity index (χ0n) is 22.5. The summed E-state index contributed by atoms with van der Waals surface area (Å²) in [4.78, 5) is 48.7. The van der Waals surface area contributed by atoms with E-state index in [2.05, 4.69) is 5.32 Å². The summed E-state index contributed by atoms with van der Waals surface area (Å²) >= 11 is 0. The summed E-state index contributed by atoms with van der Waals surface area (Å²) < 4.78 is 21.6. The van der Waals surface area contributed by atoms with E-state index in [0.717, 1.165) is 11.1 Å². The largest absolute Gasteiger partial charge is 0.497 e. The van der Waals surface area contributed by atoms with Crippen molar-refractivity contribution in [1.29, 1.82) is 0 Å². The van der Waals surface area contributed by atoms with Gasteiger partial charge in [-0.05, 0) is 49.9 Å². The second-order valence-electron chi connectivity index (χ2n) is 9.14. The fraction of sp³-hybridized carbons (Fsp3) is 0.379. The molecule has 0 fully saturated rings. The molecule has 1 amide bonds. The van der Waals surface area contributed by atoms with Gasteiger partial charge < -0.3 is 29.4 Å². The van der Waals surface area contributed by atoms with Crippen molar-refractivity contribution in [3.05, 3.63) is 63.7 Å². The van der Waals surface area contributed by atoms with Crippen LogP contribution in [0.1, 0.15) is 65.2 Å². The number of carboxylic acid groups (broad SMARTS) is 1. The third-order valence-electron chi connectivity index (χ3n) is 6.43. The summed E-state index contributed by atoms with van der Waals surface area (Å²) in [6, 6.07) is 7.24. The summed E-state index contributed by atoms with van der Waals surface area (Å²) in [5.74, 6) is -1.32. The maximum Gasteiger partial charge on any atom is 0.342 e. The highest BCUT2D eigenvalue weighted by Gasteiger charge is 2.34. The number of fused-ring (bicyclic) bond motifs is 1. The highest BCUT2D eigenvalue weighted by molar-refractivity contribution is 5.99. The average molecular weight is 540 g/mol. The first-order valence-corrected chi connectivity index (χ1v) is 12.5. The first kappa shape index (κ1) is 29.2. The van der Waals surface area contributed by atoms with Crippen LogP contribution in [-0.2, 0) is 38.7 Å². The fourth-order valence-corrected chi connectivity index (χ4v) is 4.22. The molecular weight excluding hydrogens is 506 g/mol. The zero-order chi connectivity index (χ0) is 28.5. The van der Waals surface area contributed by atoms with Gasteiger partial charge in [-0.15, -0.1) is 0 Å². The summed E-state index contributed by atoms with van der Waals surface area (Å²) in [5, 5.41) is 11.7. The fourth-order valence-electron chi connectivity index (χ4n) is 4.22. The molecule has 0 bridgehead atoms. The smallest absolute Gasteiger partial charge is 0.342 e. The molecule has 1 aliphatic rings. The maximum absolute atomic E-state index is 12.8. The van der Waals surface area contributed by atoms with Gasteiger partial charge in [-0.3, -0.25) is 14.4 Å². The number of cyclic esters (lactones) is 1. The number of carbonyl (C=O) groups excluding carboxylic acids is 3. The Bertz CT molecular complexity index is 1280. The molecule has 10 heteroatoms. The van der Waals surface area contributed by atoms with E-state index in [-0.39, 0.29) is 49.5 Å². The third kappa shape index (κ3) is 7.59. The minimum atomic E-state index is -0.904. The van der Waals surface area contributed by atoms with Gasteiger partial charge in [0.2, 0.25) is 5.91 Å². The number of allylic oxidation sites excluding steroid dienone is 2. The Morgan fingerprint density at radius 1 is 1.03 bits per heavy atom. The van der Waals surface area contributed by atoms with Crippen molar-refractivity contribution in [2.45, 2.75) is 59.1 Å². The number of aliphatic carboxylic acids is 1. The first-order valence-electron chi connectivity index (χ1n) is 12.5. The van der Waals surface area contributed by atoms with Crippen molar-refractivity contribution in [3.8, 4) is 17.2 Å². The molecule has 3 rings (SSSR count). The monoisotopic (exact) mass is 539 g/mol. The van der Waals surface area contributed by atoms with Crippen molar-refractivity contribution in [2.24, 2.45) is 0 Å². The molecule has 0 aliphatic carbocycles. The predicted molar refractivity (Wildman–Crippen MR) is 141 cm³/mol. The van der Waals surface area contributed by atoms with E-state index in [4.69, 9.17) is 24.1 Å². The molecule has 1 aliphatic heterocycles. The molecule has 10 nitrogen and oxygen atoms in total. The van der Waals surface area contributed by atoms with Crippen molar-refractivity contribution in [3.63, 3.8) is 0 Å². The number of carboxylic acids is 1. The number of carbonyl (C=O) groups is 4. The highest BCUT2D eigenvalue weighted by Crippen LogP contribution is 2.43. The van der Waals surface area contributed by atoms with E-state index in [1.54, 1.807) is 33.1 Å². The van der Waals surface area contributed by atoms with E-state index < -0.39 is 17.9 Å².